The first kappa shape index (κ1) is 12.3. The predicted octanol–water partition coefficient (Wildman–Crippen LogP) is 2.22. The predicted molar refractivity (Wildman–Crippen MR) is 68.9 cm³/mol. The number of carboxylic acids is 1. The Morgan fingerprint density at radius 1 is 1.22 bits per heavy atom. The van der Waals surface area contributed by atoms with Crippen molar-refractivity contribution in [3.8, 4) is 11.3 Å². The number of aromatic nitrogens is 1. The second-order valence-corrected chi connectivity index (χ2v) is 4.04. The summed E-state index contributed by atoms with van der Waals surface area (Å²) in [5.74, 6) is -0.892. The van der Waals surface area contributed by atoms with Gasteiger partial charge in [-0.15, -0.1) is 0 Å². The standard InChI is InChI=1S/C14H14N2O2/c15-12(9-14(17)18)10-4-6-11(7-5-10)13-3-1-2-8-16-13/h1-8,12H,9,15H2,(H,17,18)/t12-/m0/s1. The van der Waals surface area contributed by atoms with Gasteiger partial charge in [-0.1, -0.05) is 30.3 Å². The van der Waals surface area contributed by atoms with Gasteiger partial charge in [0.1, 0.15) is 0 Å². The van der Waals surface area contributed by atoms with E-state index in [0.29, 0.717) is 0 Å². The molecule has 1 heterocycles. The molecule has 0 radical (unpaired) electrons. The molecule has 0 spiro atoms. The highest BCUT2D eigenvalue weighted by atomic mass is 16.4. The van der Waals surface area contributed by atoms with E-state index in [2.05, 4.69) is 4.98 Å². The lowest BCUT2D eigenvalue weighted by Gasteiger charge is -2.09. The Kier molecular flexibility index (Phi) is 3.69. The van der Waals surface area contributed by atoms with Gasteiger partial charge < -0.3 is 10.8 Å². The summed E-state index contributed by atoms with van der Waals surface area (Å²) in [7, 11) is 0. The van der Waals surface area contributed by atoms with Crippen LogP contribution in [0.15, 0.2) is 48.7 Å². The Labute approximate surface area is 105 Å². The van der Waals surface area contributed by atoms with E-state index in [0.717, 1.165) is 16.8 Å². The van der Waals surface area contributed by atoms with Crippen LogP contribution in [0, 0.1) is 0 Å². The molecule has 0 amide bonds. The Balaban J connectivity index is 2.18. The third-order valence-electron chi connectivity index (χ3n) is 2.69. The average molecular weight is 242 g/mol. The number of nitrogens with zero attached hydrogens (tertiary/aromatic N) is 1. The largest absolute Gasteiger partial charge is 0.481 e. The molecule has 2 aromatic rings. The van der Waals surface area contributed by atoms with Crippen LogP contribution in [0.25, 0.3) is 11.3 Å². The summed E-state index contributed by atoms with van der Waals surface area (Å²) in [6.07, 6.45) is 1.67. The van der Waals surface area contributed by atoms with Crippen molar-refractivity contribution in [3.05, 3.63) is 54.2 Å². The molecule has 92 valence electrons. The molecule has 1 atom stereocenters. The number of hydrogen-bond donors (Lipinski definition) is 2. The minimum absolute atomic E-state index is 0.0665. The third kappa shape index (κ3) is 2.93. The summed E-state index contributed by atoms with van der Waals surface area (Å²) >= 11 is 0. The van der Waals surface area contributed by atoms with Crippen molar-refractivity contribution in [2.45, 2.75) is 12.5 Å². The maximum absolute atomic E-state index is 10.6. The molecular weight excluding hydrogens is 228 g/mol. The average Bonchev–Trinajstić information content (AvgIpc) is 2.39. The summed E-state index contributed by atoms with van der Waals surface area (Å²) in [5.41, 5.74) is 8.48. The molecule has 2 rings (SSSR count). The van der Waals surface area contributed by atoms with Crippen molar-refractivity contribution >= 4 is 5.97 Å². The van der Waals surface area contributed by atoms with E-state index in [1.54, 1.807) is 6.20 Å². The van der Waals surface area contributed by atoms with Gasteiger partial charge in [-0.3, -0.25) is 9.78 Å². The molecule has 1 aromatic heterocycles. The van der Waals surface area contributed by atoms with Crippen LogP contribution >= 0.6 is 0 Å². The Morgan fingerprint density at radius 2 is 1.94 bits per heavy atom. The van der Waals surface area contributed by atoms with E-state index in [4.69, 9.17) is 10.8 Å². The molecule has 0 aliphatic carbocycles. The number of aliphatic carboxylic acids is 1. The molecule has 4 heteroatoms. The van der Waals surface area contributed by atoms with Crippen LogP contribution in [0.3, 0.4) is 0 Å². The van der Waals surface area contributed by atoms with E-state index < -0.39 is 12.0 Å². The van der Waals surface area contributed by atoms with Crippen LogP contribution in [-0.4, -0.2) is 16.1 Å². The Bertz CT molecular complexity index is 523. The molecular formula is C14H14N2O2. The van der Waals surface area contributed by atoms with Gasteiger partial charge in [0.15, 0.2) is 0 Å². The number of pyridine rings is 1. The van der Waals surface area contributed by atoms with E-state index >= 15 is 0 Å². The molecule has 0 bridgehead atoms. The zero-order valence-corrected chi connectivity index (χ0v) is 9.78. The molecule has 18 heavy (non-hydrogen) atoms. The second-order valence-electron chi connectivity index (χ2n) is 4.04. The lowest BCUT2D eigenvalue weighted by molar-refractivity contribution is -0.137. The molecule has 0 aliphatic rings. The fourth-order valence-electron chi connectivity index (χ4n) is 1.74. The number of benzene rings is 1. The normalized spacial score (nSPS) is 12.1. The molecule has 0 saturated heterocycles. The summed E-state index contributed by atoms with van der Waals surface area (Å²) < 4.78 is 0. The number of carbonyl (C=O) groups is 1. The van der Waals surface area contributed by atoms with E-state index in [9.17, 15) is 4.79 Å². The van der Waals surface area contributed by atoms with Crippen LogP contribution in [0.2, 0.25) is 0 Å². The van der Waals surface area contributed by atoms with Crippen molar-refractivity contribution in [1.82, 2.24) is 4.98 Å². The van der Waals surface area contributed by atoms with Gasteiger partial charge in [0.05, 0.1) is 12.1 Å². The van der Waals surface area contributed by atoms with Crippen molar-refractivity contribution in [3.63, 3.8) is 0 Å². The van der Waals surface area contributed by atoms with Gasteiger partial charge in [0.25, 0.3) is 0 Å². The van der Waals surface area contributed by atoms with Gasteiger partial charge in [0, 0.05) is 17.8 Å². The minimum Gasteiger partial charge on any atom is -0.481 e. The number of carboxylic acid groups (broad SMARTS) is 1. The summed E-state index contributed by atoms with van der Waals surface area (Å²) in [6.45, 7) is 0. The van der Waals surface area contributed by atoms with Gasteiger partial charge in [0.2, 0.25) is 0 Å². The lowest BCUT2D eigenvalue weighted by atomic mass is 10.0. The minimum atomic E-state index is -0.892. The summed E-state index contributed by atoms with van der Waals surface area (Å²) in [5, 5.41) is 8.69. The first-order chi connectivity index (χ1) is 8.66. The van der Waals surface area contributed by atoms with E-state index in [-0.39, 0.29) is 6.42 Å². The maximum Gasteiger partial charge on any atom is 0.305 e. The van der Waals surface area contributed by atoms with Gasteiger partial charge in [-0.25, -0.2) is 0 Å². The van der Waals surface area contributed by atoms with Crippen LogP contribution in [-0.2, 0) is 4.79 Å². The number of rotatable bonds is 4. The smallest absolute Gasteiger partial charge is 0.305 e. The third-order valence-corrected chi connectivity index (χ3v) is 2.69. The van der Waals surface area contributed by atoms with Crippen LogP contribution in [0.1, 0.15) is 18.0 Å². The van der Waals surface area contributed by atoms with Gasteiger partial charge in [-0.05, 0) is 17.7 Å². The summed E-state index contributed by atoms with van der Waals surface area (Å²) in [6, 6.07) is 12.7. The zero-order chi connectivity index (χ0) is 13.0. The monoisotopic (exact) mass is 242 g/mol. The summed E-state index contributed by atoms with van der Waals surface area (Å²) in [4.78, 5) is 14.8. The van der Waals surface area contributed by atoms with Gasteiger partial charge >= 0.3 is 5.97 Å². The molecule has 0 fully saturated rings. The van der Waals surface area contributed by atoms with Crippen LogP contribution < -0.4 is 5.73 Å². The number of hydrogen-bond acceptors (Lipinski definition) is 3. The van der Waals surface area contributed by atoms with Crippen LogP contribution in [0.4, 0.5) is 0 Å². The highest BCUT2D eigenvalue weighted by Gasteiger charge is 2.10. The Morgan fingerprint density at radius 3 is 2.50 bits per heavy atom. The first-order valence-electron chi connectivity index (χ1n) is 5.65. The van der Waals surface area contributed by atoms with Crippen LogP contribution in [0.5, 0.6) is 0 Å². The van der Waals surface area contributed by atoms with Crippen molar-refractivity contribution in [1.29, 1.82) is 0 Å². The highest BCUT2D eigenvalue weighted by Crippen LogP contribution is 2.20. The zero-order valence-electron chi connectivity index (χ0n) is 9.78. The highest BCUT2D eigenvalue weighted by molar-refractivity contribution is 5.68. The maximum atomic E-state index is 10.6. The lowest BCUT2D eigenvalue weighted by Crippen LogP contribution is -2.14. The van der Waals surface area contributed by atoms with Gasteiger partial charge in [-0.2, -0.15) is 0 Å². The fraction of sp³-hybridized carbons (Fsp3) is 0.143. The van der Waals surface area contributed by atoms with Crippen molar-refractivity contribution in [2.75, 3.05) is 0 Å². The first-order valence-corrected chi connectivity index (χ1v) is 5.65. The molecule has 4 nitrogen and oxygen atoms in total. The van der Waals surface area contributed by atoms with E-state index in [1.165, 1.54) is 0 Å². The molecule has 0 unspecified atom stereocenters. The molecule has 0 saturated carbocycles. The van der Waals surface area contributed by atoms with Crippen molar-refractivity contribution < 1.29 is 9.90 Å². The van der Waals surface area contributed by atoms with E-state index in [1.807, 2.05) is 42.5 Å². The molecule has 3 N–H and O–H groups in total. The second kappa shape index (κ2) is 5.42. The Hall–Kier alpha value is -2.20. The SMILES string of the molecule is N[C@@H](CC(=O)O)c1ccc(-c2ccccn2)cc1. The molecule has 1 aromatic carbocycles. The molecule has 0 aliphatic heterocycles. The topological polar surface area (TPSA) is 76.2 Å². The fourth-order valence-corrected chi connectivity index (χ4v) is 1.74. The number of nitrogens with two attached hydrogens (primary N) is 1. The quantitative estimate of drug-likeness (QED) is 0.861. The van der Waals surface area contributed by atoms with Crippen molar-refractivity contribution in [2.24, 2.45) is 5.73 Å².